The van der Waals surface area contributed by atoms with Gasteiger partial charge in [0, 0.05) is 12.4 Å². The fourth-order valence-corrected chi connectivity index (χ4v) is 1.49. The third-order valence-electron chi connectivity index (χ3n) is 2.28. The van der Waals surface area contributed by atoms with Crippen molar-refractivity contribution < 1.29 is 0 Å². The Kier molecular flexibility index (Phi) is 1.86. The molecule has 0 saturated heterocycles. The molecule has 0 spiro atoms. The van der Waals surface area contributed by atoms with Gasteiger partial charge in [0.2, 0.25) is 0 Å². The van der Waals surface area contributed by atoms with Gasteiger partial charge in [0.1, 0.15) is 0 Å². The molecular weight excluding hydrogens is 146 g/mol. The Morgan fingerprint density at radius 1 is 1.33 bits per heavy atom. The Morgan fingerprint density at radius 2 is 2.25 bits per heavy atom. The summed E-state index contributed by atoms with van der Waals surface area (Å²) in [6, 6.07) is 0.531. The van der Waals surface area contributed by atoms with Crippen LogP contribution in [0.15, 0.2) is 48.4 Å². The van der Waals surface area contributed by atoms with Gasteiger partial charge in [0.25, 0.3) is 0 Å². The molecule has 2 rings (SSSR count). The Labute approximate surface area is 73.4 Å². The SMILES string of the molecule is CC1=CC[C@@H]2C=CC=CN2C=C1. The lowest BCUT2D eigenvalue weighted by molar-refractivity contribution is 0.426. The molecule has 2 aliphatic heterocycles. The van der Waals surface area contributed by atoms with Crippen molar-refractivity contribution in [1.82, 2.24) is 4.90 Å². The highest BCUT2D eigenvalue weighted by atomic mass is 15.1. The first kappa shape index (κ1) is 7.41. The Hall–Kier alpha value is -1.24. The van der Waals surface area contributed by atoms with Crippen LogP contribution in [0.4, 0.5) is 0 Å². The minimum absolute atomic E-state index is 0.531. The first-order valence-electron chi connectivity index (χ1n) is 4.34. The molecule has 0 aliphatic carbocycles. The molecule has 0 amide bonds. The van der Waals surface area contributed by atoms with E-state index in [1.165, 1.54) is 5.57 Å². The van der Waals surface area contributed by atoms with E-state index in [2.05, 4.69) is 54.6 Å². The molecule has 0 bridgehead atoms. The van der Waals surface area contributed by atoms with Gasteiger partial charge in [-0.25, -0.2) is 0 Å². The maximum Gasteiger partial charge on any atom is 0.0548 e. The van der Waals surface area contributed by atoms with E-state index in [0.29, 0.717) is 6.04 Å². The molecule has 1 heteroatoms. The zero-order valence-corrected chi connectivity index (χ0v) is 7.27. The molecule has 2 heterocycles. The molecule has 0 saturated carbocycles. The molecule has 0 radical (unpaired) electrons. The highest BCUT2D eigenvalue weighted by molar-refractivity contribution is 5.25. The standard InChI is InChI=1S/C11H13N/c1-10-5-6-11-4-2-3-8-12(11)9-7-10/h2-5,7-9,11H,6H2,1H3/t11-/m0/s1. The van der Waals surface area contributed by atoms with Gasteiger partial charge in [-0.15, -0.1) is 0 Å². The second kappa shape index (κ2) is 3.02. The highest BCUT2D eigenvalue weighted by Crippen LogP contribution is 2.17. The van der Waals surface area contributed by atoms with Crippen LogP contribution < -0.4 is 0 Å². The zero-order chi connectivity index (χ0) is 8.39. The van der Waals surface area contributed by atoms with Crippen LogP contribution in [-0.2, 0) is 0 Å². The molecule has 0 unspecified atom stereocenters. The molecule has 0 aromatic carbocycles. The van der Waals surface area contributed by atoms with Crippen LogP contribution in [0.25, 0.3) is 0 Å². The summed E-state index contributed by atoms with van der Waals surface area (Å²) in [5, 5.41) is 0. The number of rotatable bonds is 0. The highest BCUT2D eigenvalue weighted by Gasteiger charge is 2.12. The van der Waals surface area contributed by atoms with Crippen LogP contribution in [0, 0.1) is 0 Å². The molecule has 0 aromatic heterocycles. The topological polar surface area (TPSA) is 3.24 Å². The summed E-state index contributed by atoms with van der Waals surface area (Å²) in [7, 11) is 0. The molecule has 0 aromatic rings. The van der Waals surface area contributed by atoms with Crippen molar-refractivity contribution in [1.29, 1.82) is 0 Å². The number of hydrogen-bond acceptors (Lipinski definition) is 1. The van der Waals surface area contributed by atoms with E-state index in [1.54, 1.807) is 0 Å². The predicted octanol–water partition coefficient (Wildman–Crippen LogP) is 2.60. The molecule has 2 aliphatic rings. The largest absolute Gasteiger partial charge is 0.347 e. The van der Waals surface area contributed by atoms with Crippen molar-refractivity contribution in [3.63, 3.8) is 0 Å². The second-order valence-electron chi connectivity index (χ2n) is 3.24. The van der Waals surface area contributed by atoms with E-state index in [1.807, 2.05) is 0 Å². The normalized spacial score (nSPS) is 26.6. The first-order valence-corrected chi connectivity index (χ1v) is 4.34. The van der Waals surface area contributed by atoms with Gasteiger partial charge < -0.3 is 4.90 Å². The van der Waals surface area contributed by atoms with Crippen LogP contribution >= 0.6 is 0 Å². The lowest BCUT2D eigenvalue weighted by atomic mass is 10.1. The molecule has 12 heavy (non-hydrogen) atoms. The van der Waals surface area contributed by atoms with E-state index < -0.39 is 0 Å². The van der Waals surface area contributed by atoms with Crippen molar-refractivity contribution in [3.8, 4) is 0 Å². The van der Waals surface area contributed by atoms with Gasteiger partial charge in [-0.05, 0) is 25.5 Å². The zero-order valence-electron chi connectivity index (χ0n) is 7.27. The molecule has 0 fully saturated rings. The monoisotopic (exact) mass is 159 g/mol. The lowest BCUT2D eigenvalue weighted by Crippen LogP contribution is -2.24. The second-order valence-corrected chi connectivity index (χ2v) is 3.24. The molecule has 1 nitrogen and oxygen atoms in total. The Balaban J connectivity index is 2.24. The fraction of sp³-hybridized carbons (Fsp3) is 0.273. The summed E-state index contributed by atoms with van der Waals surface area (Å²) in [5.41, 5.74) is 1.35. The van der Waals surface area contributed by atoms with Crippen LogP contribution in [0.2, 0.25) is 0 Å². The van der Waals surface area contributed by atoms with Crippen LogP contribution in [0.1, 0.15) is 13.3 Å². The fourth-order valence-electron chi connectivity index (χ4n) is 1.49. The number of hydrogen-bond donors (Lipinski definition) is 0. The van der Waals surface area contributed by atoms with Gasteiger partial charge in [-0.2, -0.15) is 0 Å². The lowest BCUT2D eigenvalue weighted by Gasteiger charge is -2.24. The first-order chi connectivity index (χ1) is 5.86. The van der Waals surface area contributed by atoms with Gasteiger partial charge in [-0.1, -0.05) is 23.8 Å². The maximum atomic E-state index is 2.28. The van der Waals surface area contributed by atoms with E-state index in [9.17, 15) is 0 Å². The van der Waals surface area contributed by atoms with Crippen molar-refractivity contribution in [2.24, 2.45) is 0 Å². The smallest absolute Gasteiger partial charge is 0.0548 e. The van der Waals surface area contributed by atoms with Crippen LogP contribution in [0.3, 0.4) is 0 Å². The molecular formula is C11H13N. The minimum atomic E-state index is 0.531. The summed E-state index contributed by atoms with van der Waals surface area (Å²) in [6.45, 7) is 2.14. The van der Waals surface area contributed by atoms with E-state index in [0.717, 1.165) is 6.42 Å². The van der Waals surface area contributed by atoms with Gasteiger partial charge in [0.15, 0.2) is 0 Å². The van der Waals surface area contributed by atoms with E-state index in [-0.39, 0.29) is 0 Å². The molecule has 1 atom stereocenters. The third-order valence-corrected chi connectivity index (χ3v) is 2.28. The maximum absolute atomic E-state index is 2.28. The summed E-state index contributed by atoms with van der Waals surface area (Å²) in [4.78, 5) is 2.24. The van der Waals surface area contributed by atoms with Gasteiger partial charge in [-0.3, -0.25) is 0 Å². The number of allylic oxidation sites excluding steroid dienone is 4. The summed E-state index contributed by atoms with van der Waals surface area (Å²) < 4.78 is 0. The average molecular weight is 159 g/mol. The van der Waals surface area contributed by atoms with Crippen LogP contribution in [0.5, 0.6) is 0 Å². The predicted molar refractivity (Wildman–Crippen MR) is 51.4 cm³/mol. The van der Waals surface area contributed by atoms with E-state index >= 15 is 0 Å². The van der Waals surface area contributed by atoms with Crippen molar-refractivity contribution in [3.05, 3.63) is 48.4 Å². The third kappa shape index (κ3) is 1.35. The van der Waals surface area contributed by atoms with Crippen molar-refractivity contribution in [2.75, 3.05) is 0 Å². The van der Waals surface area contributed by atoms with E-state index in [4.69, 9.17) is 0 Å². The summed E-state index contributed by atoms with van der Waals surface area (Å²) in [5.74, 6) is 0. The van der Waals surface area contributed by atoms with Crippen molar-refractivity contribution >= 4 is 0 Å². The van der Waals surface area contributed by atoms with Gasteiger partial charge in [0.05, 0.1) is 6.04 Å². The summed E-state index contributed by atoms with van der Waals surface area (Å²) in [6.07, 6.45) is 16.2. The van der Waals surface area contributed by atoms with Gasteiger partial charge >= 0.3 is 0 Å². The summed E-state index contributed by atoms with van der Waals surface area (Å²) >= 11 is 0. The number of fused-ring (bicyclic) bond motifs is 1. The number of nitrogens with zero attached hydrogens (tertiary/aromatic N) is 1. The van der Waals surface area contributed by atoms with Crippen molar-refractivity contribution in [2.45, 2.75) is 19.4 Å². The Bertz CT molecular complexity index is 281. The minimum Gasteiger partial charge on any atom is -0.347 e. The van der Waals surface area contributed by atoms with Crippen LogP contribution in [-0.4, -0.2) is 10.9 Å². The molecule has 62 valence electrons. The quantitative estimate of drug-likeness (QED) is 0.525. The Morgan fingerprint density at radius 3 is 3.17 bits per heavy atom. The average Bonchev–Trinajstić information content (AvgIpc) is 2.29. The molecule has 0 N–H and O–H groups in total.